The largest absolute Gasteiger partial charge is 0.481 e. The van der Waals surface area contributed by atoms with Gasteiger partial charge in [-0.05, 0) is 0 Å². The van der Waals surface area contributed by atoms with Crippen LogP contribution in [0.15, 0.2) is 12.3 Å². The molecule has 5 heteroatoms. The molecule has 0 aliphatic carbocycles. The fourth-order valence-corrected chi connectivity index (χ4v) is 0.863. The van der Waals surface area contributed by atoms with Crippen molar-refractivity contribution >= 4 is 12.0 Å². The van der Waals surface area contributed by atoms with E-state index >= 15 is 0 Å². The van der Waals surface area contributed by atoms with Crippen molar-refractivity contribution in [3.63, 3.8) is 0 Å². The summed E-state index contributed by atoms with van der Waals surface area (Å²) < 4.78 is 0. The highest BCUT2D eigenvalue weighted by Crippen LogP contribution is 2.06. The smallest absolute Gasteiger partial charge is 0.319 e. The van der Waals surface area contributed by atoms with Gasteiger partial charge < -0.3 is 15.7 Å². The third kappa shape index (κ3) is 1.70. The van der Waals surface area contributed by atoms with Gasteiger partial charge in [-0.1, -0.05) is 6.58 Å². The van der Waals surface area contributed by atoms with E-state index < -0.39 is 12.0 Å². The number of nitrogens with one attached hydrogen (secondary N) is 2. The van der Waals surface area contributed by atoms with Crippen LogP contribution in [0.4, 0.5) is 4.79 Å². The number of carboxylic acids is 1. The molecule has 5 nitrogen and oxygen atoms in total. The molecule has 1 aliphatic rings. The normalized spacial score (nSPS) is 22.7. The second-order valence-corrected chi connectivity index (χ2v) is 2.27. The molecule has 0 bridgehead atoms. The summed E-state index contributed by atoms with van der Waals surface area (Å²) >= 11 is 0. The van der Waals surface area contributed by atoms with Gasteiger partial charge in [0.1, 0.15) is 0 Å². The second-order valence-electron chi connectivity index (χ2n) is 2.27. The summed E-state index contributed by atoms with van der Waals surface area (Å²) in [5.74, 6) is -0.958. The van der Waals surface area contributed by atoms with E-state index in [2.05, 4.69) is 17.2 Å². The number of carbonyl (C=O) groups excluding carboxylic acids is 1. The van der Waals surface area contributed by atoms with Gasteiger partial charge in [-0.2, -0.15) is 0 Å². The van der Waals surface area contributed by atoms with E-state index in [9.17, 15) is 9.59 Å². The van der Waals surface area contributed by atoms with E-state index in [0.29, 0.717) is 5.70 Å². The molecule has 1 saturated heterocycles. The maximum Gasteiger partial charge on any atom is 0.319 e. The molecular formula is C6H8N2O3. The summed E-state index contributed by atoms with van der Waals surface area (Å²) in [6.07, 6.45) is -0.127. The van der Waals surface area contributed by atoms with E-state index in [4.69, 9.17) is 5.11 Å². The van der Waals surface area contributed by atoms with Crippen molar-refractivity contribution in [1.82, 2.24) is 10.6 Å². The standard InChI is InChI=1S/C6H8N2O3/c1-3-4(2-5(9)10)8-6(11)7-3/h4H,1-2H2,(H,9,10)(H2,7,8,11). The second kappa shape index (κ2) is 2.61. The molecule has 0 aromatic heterocycles. The van der Waals surface area contributed by atoms with Crippen molar-refractivity contribution in [2.45, 2.75) is 12.5 Å². The molecule has 1 aliphatic heterocycles. The van der Waals surface area contributed by atoms with Crippen molar-refractivity contribution in [1.29, 1.82) is 0 Å². The lowest BCUT2D eigenvalue weighted by molar-refractivity contribution is -0.137. The summed E-state index contributed by atoms with van der Waals surface area (Å²) in [6, 6.07) is -0.860. The first kappa shape index (κ1) is 7.59. The summed E-state index contributed by atoms with van der Waals surface area (Å²) in [4.78, 5) is 20.8. The van der Waals surface area contributed by atoms with Crippen molar-refractivity contribution < 1.29 is 14.7 Å². The average molecular weight is 156 g/mol. The number of carboxylic acid groups (broad SMARTS) is 1. The maximum atomic E-state index is 10.6. The Labute approximate surface area is 63.1 Å². The number of hydrogen-bond acceptors (Lipinski definition) is 2. The number of urea groups is 1. The van der Waals surface area contributed by atoms with Gasteiger partial charge in [0.2, 0.25) is 0 Å². The van der Waals surface area contributed by atoms with Crippen LogP contribution in [0.25, 0.3) is 0 Å². The highest BCUT2D eigenvalue weighted by molar-refractivity contribution is 5.81. The predicted molar refractivity (Wildman–Crippen MR) is 36.8 cm³/mol. The third-order valence-corrected chi connectivity index (χ3v) is 1.38. The van der Waals surface area contributed by atoms with E-state index in [1.54, 1.807) is 0 Å². The Balaban J connectivity index is 2.53. The predicted octanol–water partition coefficient (Wildman–Crippen LogP) is -0.344. The van der Waals surface area contributed by atoms with Gasteiger partial charge >= 0.3 is 12.0 Å². The minimum atomic E-state index is -0.958. The van der Waals surface area contributed by atoms with Crippen LogP contribution in [0.2, 0.25) is 0 Å². The molecule has 0 saturated carbocycles. The first-order chi connectivity index (χ1) is 5.09. The molecule has 0 aromatic carbocycles. The van der Waals surface area contributed by atoms with E-state index in [1.807, 2.05) is 0 Å². The highest BCUT2D eigenvalue weighted by Gasteiger charge is 2.25. The molecular weight excluding hydrogens is 148 g/mol. The molecule has 60 valence electrons. The lowest BCUT2D eigenvalue weighted by atomic mass is 10.2. The number of hydrogen-bond donors (Lipinski definition) is 3. The summed E-state index contributed by atoms with van der Waals surface area (Å²) in [7, 11) is 0. The summed E-state index contributed by atoms with van der Waals surface area (Å²) in [5, 5.41) is 13.1. The molecule has 1 atom stereocenters. The van der Waals surface area contributed by atoms with Crippen molar-refractivity contribution in [2.24, 2.45) is 0 Å². The molecule has 1 heterocycles. The zero-order valence-electron chi connectivity index (χ0n) is 5.76. The number of carbonyl (C=O) groups is 2. The molecule has 0 spiro atoms. The van der Waals surface area contributed by atoms with Gasteiger partial charge in [0.25, 0.3) is 0 Å². The number of amides is 2. The molecule has 0 aromatic rings. The van der Waals surface area contributed by atoms with Crippen molar-refractivity contribution in [3.05, 3.63) is 12.3 Å². The van der Waals surface area contributed by atoms with E-state index in [-0.39, 0.29) is 12.5 Å². The molecule has 3 N–H and O–H groups in total. The molecule has 2 amide bonds. The first-order valence-corrected chi connectivity index (χ1v) is 3.07. The monoisotopic (exact) mass is 156 g/mol. The Morgan fingerprint density at radius 3 is 2.73 bits per heavy atom. The summed E-state index contributed by atoms with van der Waals surface area (Å²) in [6.45, 7) is 3.48. The number of rotatable bonds is 2. The van der Waals surface area contributed by atoms with Gasteiger partial charge in [0, 0.05) is 5.70 Å². The van der Waals surface area contributed by atoms with Gasteiger partial charge in [0.15, 0.2) is 0 Å². The van der Waals surface area contributed by atoms with Gasteiger partial charge in [-0.25, -0.2) is 4.79 Å². The van der Waals surface area contributed by atoms with Gasteiger partial charge in [-0.15, -0.1) is 0 Å². The van der Waals surface area contributed by atoms with Crippen LogP contribution < -0.4 is 10.6 Å². The van der Waals surface area contributed by atoms with E-state index in [0.717, 1.165) is 0 Å². The molecule has 1 rings (SSSR count). The number of aliphatic carboxylic acids is 1. The van der Waals surface area contributed by atoms with E-state index in [1.165, 1.54) is 0 Å². The minimum Gasteiger partial charge on any atom is -0.481 e. The third-order valence-electron chi connectivity index (χ3n) is 1.38. The summed E-state index contributed by atoms with van der Waals surface area (Å²) in [5.41, 5.74) is 0.414. The Morgan fingerprint density at radius 1 is 1.73 bits per heavy atom. The zero-order valence-corrected chi connectivity index (χ0v) is 5.76. The molecule has 11 heavy (non-hydrogen) atoms. The fourth-order valence-electron chi connectivity index (χ4n) is 0.863. The Kier molecular flexibility index (Phi) is 1.80. The Hall–Kier alpha value is -1.52. The quantitative estimate of drug-likeness (QED) is 0.511. The average Bonchev–Trinajstić information content (AvgIpc) is 2.09. The Morgan fingerprint density at radius 2 is 2.36 bits per heavy atom. The van der Waals surface area contributed by atoms with Crippen LogP contribution >= 0.6 is 0 Å². The van der Waals surface area contributed by atoms with Crippen molar-refractivity contribution in [2.75, 3.05) is 0 Å². The SMILES string of the molecule is C=C1NC(=O)NC1CC(=O)O. The maximum absolute atomic E-state index is 10.6. The molecule has 1 unspecified atom stereocenters. The van der Waals surface area contributed by atoms with Crippen LogP contribution in [-0.4, -0.2) is 23.1 Å². The van der Waals surface area contributed by atoms with Crippen LogP contribution in [0.1, 0.15) is 6.42 Å². The minimum absolute atomic E-state index is 0.127. The van der Waals surface area contributed by atoms with Gasteiger partial charge in [0.05, 0.1) is 12.5 Å². The lowest BCUT2D eigenvalue weighted by Gasteiger charge is -2.04. The zero-order chi connectivity index (χ0) is 8.43. The van der Waals surface area contributed by atoms with Crippen LogP contribution in [0, 0.1) is 0 Å². The van der Waals surface area contributed by atoms with Crippen LogP contribution in [0.3, 0.4) is 0 Å². The first-order valence-electron chi connectivity index (χ1n) is 3.07. The van der Waals surface area contributed by atoms with Crippen LogP contribution in [-0.2, 0) is 4.79 Å². The van der Waals surface area contributed by atoms with Gasteiger partial charge in [-0.3, -0.25) is 4.79 Å². The molecule has 0 radical (unpaired) electrons. The molecule has 1 fully saturated rings. The fraction of sp³-hybridized carbons (Fsp3) is 0.333. The topological polar surface area (TPSA) is 78.4 Å². The Bertz CT molecular complexity index is 224. The lowest BCUT2D eigenvalue weighted by Crippen LogP contribution is -2.28. The van der Waals surface area contributed by atoms with Crippen molar-refractivity contribution in [3.8, 4) is 0 Å². The van der Waals surface area contributed by atoms with Crippen LogP contribution in [0.5, 0.6) is 0 Å². The highest BCUT2D eigenvalue weighted by atomic mass is 16.4.